The van der Waals surface area contributed by atoms with E-state index >= 15 is 0 Å². The van der Waals surface area contributed by atoms with Gasteiger partial charge in [0.05, 0.1) is 5.57 Å². The van der Waals surface area contributed by atoms with E-state index in [1.165, 1.54) is 0 Å². The van der Waals surface area contributed by atoms with Gasteiger partial charge in [0, 0.05) is 16.7 Å². The maximum atomic E-state index is 11.4. The van der Waals surface area contributed by atoms with Gasteiger partial charge in [0.2, 0.25) is 0 Å². The molecule has 1 unspecified atom stereocenters. The maximum absolute atomic E-state index is 11.4. The molecule has 0 saturated heterocycles. The van der Waals surface area contributed by atoms with Crippen LogP contribution in [-0.2, 0) is 0 Å². The lowest BCUT2D eigenvalue weighted by molar-refractivity contribution is 0.238. The molecule has 0 aliphatic carbocycles. The summed E-state index contributed by atoms with van der Waals surface area (Å²) in [6.45, 7) is 0. The van der Waals surface area contributed by atoms with Crippen LogP contribution in [0.3, 0.4) is 0 Å². The molecule has 0 aliphatic heterocycles. The Kier molecular flexibility index (Phi) is 6.97. The summed E-state index contributed by atoms with van der Waals surface area (Å²) in [4.78, 5) is 0. The van der Waals surface area contributed by atoms with Gasteiger partial charge in [-0.15, -0.1) is 0 Å². The molecule has 0 bridgehead atoms. The van der Waals surface area contributed by atoms with E-state index in [9.17, 15) is 5.11 Å². The molecule has 32 heavy (non-hydrogen) atoms. The van der Waals surface area contributed by atoms with Crippen molar-refractivity contribution in [2.45, 2.75) is 6.10 Å². The van der Waals surface area contributed by atoms with Gasteiger partial charge in [0.25, 0.3) is 0 Å². The molecule has 1 atom stereocenters. The Labute approximate surface area is 189 Å². The zero-order valence-corrected chi connectivity index (χ0v) is 17.6. The van der Waals surface area contributed by atoms with Crippen molar-refractivity contribution in [1.82, 2.24) is 0 Å². The van der Waals surface area contributed by atoms with E-state index < -0.39 is 6.10 Å². The molecule has 0 fully saturated rings. The van der Waals surface area contributed by atoms with E-state index in [0.717, 1.165) is 22.3 Å². The van der Waals surface area contributed by atoms with Crippen molar-refractivity contribution in [2.24, 2.45) is 0 Å². The number of aliphatic hydroxyl groups is 1. The SMILES string of the molecule is OC(C(=C(C#Cc1ccccc1)C#Cc1ccccc1)c1ccccc1)c1ccccc1. The second kappa shape index (κ2) is 10.6. The van der Waals surface area contributed by atoms with Crippen LogP contribution < -0.4 is 0 Å². The van der Waals surface area contributed by atoms with E-state index in [4.69, 9.17) is 0 Å². The maximum Gasteiger partial charge on any atom is 0.106 e. The predicted octanol–water partition coefficient (Wildman–Crippen LogP) is 6.28. The zero-order valence-electron chi connectivity index (χ0n) is 17.6. The summed E-state index contributed by atoms with van der Waals surface area (Å²) in [5.74, 6) is 12.9. The Morgan fingerprint density at radius 2 is 0.938 bits per heavy atom. The first kappa shape index (κ1) is 21.0. The number of rotatable bonds is 3. The van der Waals surface area contributed by atoms with Crippen molar-refractivity contribution in [1.29, 1.82) is 0 Å². The van der Waals surface area contributed by atoms with E-state index in [-0.39, 0.29) is 0 Å². The molecule has 152 valence electrons. The molecule has 4 rings (SSSR count). The minimum absolute atomic E-state index is 0.597. The van der Waals surface area contributed by atoms with Crippen LogP contribution in [0, 0.1) is 23.7 Å². The Morgan fingerprint density at radius 1 is 0.531 bits per heavy atom. The minimum atomic E-state index is -0.858. The largest absolute Gasteiger partial charge is 0.384 e. The smallest absolute Gasteiger partial charge is 0.106 e. The fourth-order valence-corrected chi connectivity index (χ4v) is 3.34. The molecule has 1 heteroatoms. The van der Waals surface area contributed by atoms with Gasteiger partial charge in [-0.25, -0.2) is 0 Å². The highest BCUT2D eigenvalue weighted by molar-refractivity contribution is 5.80. The van der Waals surface area contributed by atoms with Crippen molar-refractivity contribution in [2.75, 3.05) is 0 Å². The van der Waals surface area contributed by atoms with Crippen LogP contribution in [-0.4, -0.2) is 5.11 Å². The summed E-state index contributed by atoms with van der Waals surface area (Å²) >= 11 is 0. The number of aliphatic hydroxyl groups excluding tert-OH is 1. The molecule has 4 aromatic carbocycles. The van der Waals surface area contributed by atoms with Crippen LogP contribution >= 0.6 is 0 Å². The van der Waals surface area contributed by atoms with Crippen molar-refractivity contribution in [3.63, 3.8) is 0 Å². The average molecular weight is 411 g/mol. The average Bonchev–Trinajstić information content (AvgIpc) is 2.88. The lowest BCUT2D eigenvalue weighted by Gasteiger charge is -2.17. The van der Waals surface area contributed by atoms with Gasteiger partial charge in [0.1, 0.15) is 6.10 Å². The molecule has 0 spiro atoms. The van der Waals surface area contributed by atoms with Gasteiger partial charge in [-0.05, 0) is 35.4 Å². The standard InChI is InChI=1S/C31H22O/c32-31(29-19-11-4-12-20-29)30(27-17-9-3-10-18-27)28(23-21-25-13-5-1-6-14-25)24-22-26-15-7-2-8-16-26/h1-20,31-32H. The monoisotopic (exact) mass is 410 g/mol. The van der Waals surface area contributed by atoms with Gasteiger partial charge in [-0.1, -0.05) is 121 Å². The second-order valence-corrected chi connectivity index (χ2v) is 7.20. The van der Waals surface area contributed by atoms with Crippen LogP contribution in [0.15, 0.2) is 127 Å². The van der Waals surface area contributed by atoms with Crippen LogP contribution in [0.2, 0.25) is 0 Å². The minimum Gasteiger partial charge on any atom is -0.384 e. The highest BCUT2D eigenvalue weighted by atomic mass is 16.3. The van der Waals surface area contributed by atoms with Crippen molar-refractivity contribution in [3.05, 3.63) is 149 Å². The van der Waals surface area contributed by atoms with Crippen LogP contribution in [0.4, 0.5) is 0 Å². The van der Waals surface area contributed by atoms with Gasteiger partial charge in [0.15, 0.2) is 0 Å². The highest BCUT2D eigenvalue weighted by Crippen LogP contribution is 2.32. The summed E-state index contributed by atoms with van der Waals surface area (Å²) in [5, 5.41) is 11.4. The fourth-order valence-electron chi connectivity index (χ4n) is 3.34. The zero-order chi connectivity index (χ0) is 22.0. The lowest BCUT2D eigenvalue weighted by Crippen LogP contribution is -2.04. The van der Waals surface area contributed by atoms with Crippen molar-refractivity contribution < 1.29 is 5.11 Å². The summed E-state index contributed by atoms with van der Waals surface area (Å²) < 4.78 is 0. The van der Waals surface area contributed by atoms with Crippen molar-refractivity contribution in [3.8, 4) is 23.7 Å². The Balaban J connectivity index is 1.92. The van der Waals surface area contributed by atoms with Crippen molar-refractivity contribution >= 4 is 5.57 Å². The third-order valence-electron chi connectivity index (χ3n) is 4.95. The first-order chi connectivity index (χ1) is 15.8. The highest BCUT2D eigenvalue weighted by Gasteiger charge is 2.18. The predicted molar refractivity (Wildman–Crippen MR) is 131 cm³/mol. The fraction of sp³-hybridized carbons (Fsp3) is 0.0323. The van der Waals surface area contributed by atoms with Gasteiger partial charge < -0.3 is 5.11 Å². The van der Waals surface area contributed by atoms with Gasteiger partial charge in [-0.3, -0.25) is 0 Å². The van der Waals surface area contributed by atoms with Crippen LogP contribution in [0.1, 0.15) is 28.4 Å². The van der Waals surface area contributed by atoms with E-state index in [1.807, 2.05) is 121 Å². The Bertz CT molecular complexity index is 1240. The summed E-state index contributed by atoms with van der Waals surface area (Å²) in [6, 6.07) is 39.1. The second-order valence-electron chi connectivity index (χ2n) is 7.20. The lowest BCUT2D eigenvalue weighted by atomic mass is 9.91. The molecule has 1 nitrogen and oxygen atoms in total. The van der Waals surface area contributed by atoms with Gasteiger partial charge in [-0.2, -0.15) is 0 Å². The molecule has 0 radical (unpaired) electrons. The molecular formula is C31H22O. The van der Waals surface area contributed by atoms with Gasteiger partial charge >= 0.3 is 0 Å². The number of benzene rings is 4. The Morgan fingerprint density at radius 3 is 1.41 bits per heavy atom. The van der Waals surface area contributed by atoms with Crippen LogP contribution in [0.5, 0.6) is 0 Å². The van der Waals surface area contributed by atoms with Crippen LogP contribution in [0.25, 0.3) is 5.57 Å². The van der Waals surface area contributed by atoms with E-state index in [1.54, 1.807) is 0 Å². The summed E-state index contributed by atoms with van der Waals surface area (Å²) in [7, 11) is 0. The molecule has 0 aliphatic rings. The summed E-state index contributed by atoms with van der Waals surface area (Å²) in [5.41, 5.74) is 4.78. The quantitative estimate of drug-likeness (QED) is 0.394. The number of allylic oxidation sites excluding steroid dienone is 1. The molecular weight excluding hydrogens is 388 g/mol. The molecule has 0 aromatic heterocycles. The third kappa shape index (κ3) is 5.44. The molecule has 4 aromatic rings. The normalized spacial score (nSPS) is 10.7. The number of hydrogen-bond donors (Lipinski definition) is 1. The molecule has 1 N–H and O–H groups in total. The van der Waals surface area contributed by atoms with E-state index in [0.29, 0.717) is 11.1 Å². The molecule has 0 heterocycles. The number of hydrogen-bond acceptors (Lipinski definition) is 1. The third-order valence-corrected chi connectivity index (χ3v) is 4.95. The topological polar surface area (TPSA) is 20.2 Å². The Hall–Kier alpha value is -4.30. The first-order valence-electron chi connectivity index (χ1n) is 10.5. The molecule has 0 amide bonds. The van der Waals surface area contributed by atoms with E-state index in [2.05, 4.69) is 23.7 Å². The molecule has 0 saturated carbocycles. The summed E-state index contributed by atoms with van der Waals surface area (Å²) in [6.07, 6.45) is -0.858. The first-order valence-corrected chi connectivity index (χ1v) is 10.5.